The molecule has 1 saturated carbocycles. The number of aromatic nitrogens is 1. The molecule has 0 radical (unpaired) electrons. The maximum Gasteiger partial charge on any atom is 0.255 e. The number of fused-ring (bicyclic) bond motifs is 1. The van der Waals surface area contributed by atoms with Gasteiger partial charge < -0.3 is 10.2 Å². The van der Waals surface area contributed by atoms with Crippen LogP contribution in [0.5, 0.6) is 0 Å². The second kappa shape index (κ2) is 3.79. The van der Waals surface area contributed by atoms with E-state index in [4.69, 9.17) is 0 Å². The minimum Gasteiger partial charge on any atom is -0.335 e. The van der Waals surface area contributed by atoms with E-state index in [1.165, 1.54) is 18.4 Å². The molecule has 3 heterocycles. The van der Waals surface area contributed by atoms with Crippen molar-refractivity contribution in [3.63, 3.8) is 0 Å². The van der Waals surface area contributed by atoms with Crippen molar-refractivity contribution in [3.8, 4) is 0 Å². The Bertz CT molecular complexity index is 542. The fourth-order valence-corrected chi connectivity index (χ4v) is 3.79. The van der Waals surface area contributed by atoms with Gasteiger partial charge in [-0.15, -0.1) is 0 Å². The third-order valence-electron chi connectivity index (χ3n) is 5.02. The maximum absolute atomic E-state index is 12.5. The molecular formula is C15H19N3O. The van der Waals surface area contributed by atoms with Crippen LogP contribution >= 0.6 is 0 Å². The summed E-state index contributed by atoms with van der Waals surface area (Å²) in [5.74, 6) is 0.195. The van der Waals surface area contributed by atoms with Crippen LogP contribution in [0.25, 0.3) is 0 Å². The Hall–Kier alpha value is -1.42. The zero-order valence-electron chi connectivity index (χ0n) is 11.3. The zero-order chi connectivity index (χ0) is 13.0. The van der Waals surface area contributed by atoms with Crippen molar-refractivity contribution in [2.75, 3.05) is 19.6 Å². The van der Waals surface area contributed by atoms with Gasteiger partial charge >= 0.3 is 0 Å². The van der Waals surface area contributed by atoms with Crippen molar-refractivity contribution in [3.05, 3.63) is 29.1 Å². The molecule has 1 aromatic heterocycles. The number of amides is 1. The third kappa shape index (κ3) is 1.62. The summed E-state index contributed by atoms with van der Waals surface area (Å²) in [6.07, 6.45) is 5.10. The number of aryl methyl sites for hydroxylation is 1. The second-order valence-corrected chi connectivity index (χ2v) is 6.40. The molecule has 0 bridgehead atoms. The smallest absolute Gasteiger partial charge is 0.255 e. The molecule has 1 saturated heterocycles. The van der Waals surface area contributed by atoms with Crippen LogP contribution in [-0.2, 0) is 6.42 Å². The Labute approximate surface area is 113 Å². The summed E-state index contributed by atoms with van der Waals surface area (Å²) in [6.45, 7) is 5.14. The normalized spacial score (nSPS) is 24.9. The van der Waals surface area contributed by atoms with Gasteiger partial charge in [0, 0.05) is 37.6 Å². The zero-order valence-corrected chi connectivity index (χ0v) is 11.3. The molecule has 2 fully saturated rings. The molecule has 4 nitrogen and oxygen atoms in total. The number of carbonyl (C=O) groups excluding carboxylic acids is 1. The van der Waals surface area contributed by atoms with Crippen molar-refractivity contribution in [1.29, 1.82) is 0 Å². The first kappa shape index (κ1) is 11.4. The first-order valence-corrected chi connectivity index (χ1v) is 7.14. The largest absolute Gasteiger partial charge is 0.335 e. The number of rotatable bonds is 1. The predicted molar refractivity (Wildman–Crippen MR) is 72.0 cm³/mol. The van der Waals surface area contributed by atoms with Crippen molar-refractivity contribution < 1.29 is 4.79 Å². The molecular weight excluding hydrogens is 238 g/mol. The van der Waals surface area contributed by atoms with Gasteiger partial charge in [0.15, 0.2) is 0 Å². The maximum atomic E-state index is 12.5. The highest BCUT2D eigenvalue weighted by Gasteiger charge is 2.51. The number of hydrogen-bond acceptors (Lipinski definition) is 3. The van der Waals surface area contributed by atoms with E-state index in [-0.39, 0.29) is 5.91 Å². The van der Waals surface area contributed by atoms with E-state index in [2.05, 4.69) is 21.3 Å². The van der Waals surface area contributed by atoms with Gasteiger partial charge in [0.25, 0.3) is 5.91 Å². The Kier molecular flexibility index (Phi) is 2.28. The highest BCUT2D eigenvalue weighted by molar-refractivity contribution is 5.96. The molecule has 4 heteroatoms. The standard InChI is InChI=1S/C15H19N3O/c1-10-4-11-2-3-18(14(19)13(11)7-17-10)12-5-15(6-12)8-16-9-15/h4,7,12,16H,2-3,5-6,8-9H2,1H3. The Balaban J connectivity index is 1.54. The fraction of sp³-hybridized carbons (Fsp3) is 0.600. The predicted octanol–water partition coefficient (Wildman–Crippen LogP) is 1.14. The van der Waals surface area contributed by atoms with Gasteiger partial charge in [0.1, 0.15) is 0 Å². The van der Waals surface area contributed by atoms with E-state index in [1.54, 1.807) is 6.20 Å². The Morgan fingerprint density at radius 3 is 2.89 bits per heavy atom. The number of pyridine rings is 1. The topological polar surface area (TPSA) is 45.2 Å². The van der Waals surface area contributed by atoms with Gasteiger partial charge in [-0.2, -0.15) is 0 Å². The van der Waals surface area contributed by atoms with Gasteiger partial charge in [0.05, 0.1) is 5.56 Å². The Morgan fingerprint density at radius 1 is 1.42 bits per heavy atom. The molecule has 4 rings (SSSR count). The van der Waals surface area contributed by atoms with Crippen LogP contribution in [0.3, 0.4) is 0 Å². The van der Waals surface area contributed by atoms with Crippen LogP contribution < -0.4 is 5.32 Å². The summed E-state index contributed by atoms with van der Waals surface area (Å²) in [6, 6.07) is 2.52. The molecule has 1 amide bonds. The van der Waals surface area contributed by atoms with Crippen LogP contribution in [0.4, 0.5) is 0 Å². The summed E-state index contributed by atoms with van der Waals surface area (Å²) < 4.78 is 0. The van der Waals surface area contributed by atoms with E-state index < -0.39 is 0 Å². The highest BCUT2D eigenvalue weighted by Crippen LogP contribution is 2.47. The van der Waals surface area contributed by atoms with E-state index >= 15 is 0 Å². The molecule has 0 unspecified atom stereocenters. The number of nitrogens with one attached hydrogen (secondary N) is 1. The lowest BCUT2D eigenvalue weighted by Gasteiger charge is -2.57. The molecule has 100 valence electrons. The molecule has 0 atom stereocenters. The number of carbonyl (C=O) groups is 1. The summed E-state index contributed by atoms with van der Waals surface area (Å²) in [5, 5.41) is 3.35. The first-order valence-electron chi connectivity index (χ1n) is 7.14. The molecule has 1 aromatic rings. The van der Waals surface area contributed by atoms with E-state index in [9.17, 15) is 4.79 Å². The molecule has 1 N–H and O–H groups in total. The fourth-order valence-electron chi connectivity index (χ4n) is 3.79. The van der Waals surface area contributed by atoms with Crippen LogP contribution in [0.1, 0.15) is 34.5 Å². The Morgan fingerprint density at radius 2 is 2.21 bits per heavy atom. The lowest BCUT2D eigenvalue weighted by Crippen LogP contribution is -2.66. The molecule has 1 aliphatic carbocycles. The van der Waals surface area contributed by atoms with E-state index in [1.807, 2.05) is 6.92 Å². The summed E-state index contributed by atoms with van der Waals surface area (Å²) in [5.41, 5.74) is 3.53. The number of nitrogens with zero attached hydrogens (tertiary/aromatic N) is 2. The van der Waals surface area contributed by atoms with Crippen molar-refractivity contribution in [2.45, 2.75) is 32.2 Å². The van der Waals surface area contributed by atoms with E-state index in [0.29, 0.717) is 11.5 Å². The highest BCUT2D eigenvalue weighted by atomic mass is 16.2. The molecule has 0 aromatic carbocycles. The molecule has 1 spiro atoms. The van der Waals surface area contributed by atoms with Crippen molar-refractivity contribution in [2.24, 2.45) is 5.41 Å². The van der Waals surface area contributed by atoms with E-state index in [0.717, 1.165) is 37.3 Å². The summed E-state index contributed by atoms with van der Waals surface area (Å²) in [7, 11) is 0. The van der Waals surface area contributed by atoms with Gasteiger partial charge in [-0.05, 0) is 43.2 Å². The van der Waals surface area contributed by atoms with Gasteiger partial charge in [-0.3, -0.25) is 9.78 Å². The minimum absolute atomic E-state index is 0.195. The van der Waals surface area contributed by atoms with Crippen LogP contribution in [0.2, 0.25) is 0 Å². The molecule has 3 aliphatic rings. The monoisotopic (exact) mass is 257 g/mol. The van der Waals surface area contributed by atoms with Crippen molar-refractivity contribution >= 4 is 5.91 Å². The molecule has 19 heavy (non-hydrogen) atoms. The van der Waals surface area contributed by atoms with Crippen LogP contribution in [0, 0.1) is 12.3 Å². The first-order chi connectivity index (χ1) is 9.17. The summed E-state index contributed by atoms with van der Waals surface area (Å²) >= 11 is 0. The lowest BCUT2D eigenvalue weighted by molar-refractivity contribution is -0.0282. The van der Waals surface area contributed by atoms with Gasteiger partial charge in [0.2, 0.25) is 0 Å². The average Bonchev–Trinajstić information content (AvgIpc) is 2.28. The summed E-state index contributed by atoms with van der Waals surface area (Å²) in [4.78, 5) is 18.9. The van der Waals surface area contributed by atoms with Crippen LogP contribution in [0.15, 0.2) is 12.3 Å². The quantitative estimate of drug-likeness (QED) is 0.820. The van der Waals surface area contributed by atoms with Crippen LogP contribution in [-0.4, -0.2) is 41.5 Å². The third-order valence-corrected chi connectivity index (χ3v) is 5.02. The lowest BCUT2D eigenvalue weighted by atomic mass is 9.61. The number of hydrogen-bond donors (Lipinski definition) is 1. The average molecular weight is 257 g/mol. The van der Waals surface area contributed by atoms with Crippen molar-refractivity contribution in [1.82, 2.24) is 15.2 Å². The van der Waals surface area contributed by atoms with Gasteiger partial charge in [-0.1, -0.05) is 0 Å². The minimum atomic E-state index is 0.195. The van der Waals surface area contributed by atoms with Gasteiger partial charge in [-0.25, -0.2) is 0 Å². The molecule has 2 aliphatic heterocycles. The second-order valence-electron chi connectivity index (χ2n) is 6.40. The SMILES string of the molecule is Cc1cc2c(cn1)C(=O)N(C1CC3(CNC3)C1)CC2.